The van der Waals surface area contributed by atoms with E-state index in [4.69, 9.17) is 4.74 Å². The summed E-state index contributed by atoms with van der Waals surface area (Å²) in [6, 6.07) is 12.7. The molecule has 4 rings (SSSR count). The Morgan fingerprint density at radius 1 is 1.09 bits per heavy atom. The Morgan fingerprint density at radius 2 is 2.00 bits per heavy atom. The first-order chi connectivity index (χ1) is 10.8. The van der Waals surface area contributed by atoms with Gasteiger partial charge in [0.05, 0.1) is 7.11 Å². The largest absolute Gasteiger partial charge is 0.506 e. The maximum atomic E-state index is 9.95. The predicted octanol–water partition coefficient (Wildman–Crippen LogP) is 2.66. The van der Waals surface area contributed by atoms with Crippen molar-refractivity contribution in [3.63, 3.8) is 0 Å². The summed E-state index contributed by atoms with van der Waals surface area (Å²) in [4.78, 5) is 4.51. The quantitative estimate of drug-likeness (QED) is 0.615. The van der Waals surface area contributed by atoms with Gasteiger partial charge in [0.2, 0.25) is 0 Å². The smallest absolute Gasteiger partial charge is 0.187 e. The zero-order valence-corrected chi connectivity index (χ0v) is 11.8. The van der Waals surface area contributed by atoms with E-state index in [0.717, 1.165) is 11.1 Å². The summed E-state index contributed by atoms with van der Waals surface area (Å²) in [5, 5.41) is 19.2. The average molecular weight is 292 g/mol. The number of para-hydroxylation sites is 1. The molecule has 0 saturated carbocycles. The number of nitrogens with zero attached hydrogens (tertiary/aromatic N) is 4. The van der Waals surface area contributed by atoms with Crippen LogP contribution < -0.4 is 4.74 Å². The summed E-state index contributed by atoms with van der Waals surface area (Å²) in [5.41, 5.74) is 1.87. The fourth-order valence-electron chi connectivity index (χ4n) is 2.43. The highest BCUT2D eigenvalue weighted by molar-refractivity contribution is 5.86. The van der Waals surface area contributed by atoms with Crippen molar-refractivity contribution in [3.05, 3.63) is 48.7 Å². The third-order valence-electron chi connectivity index (χ3n) is 3.55. The molecule has 0 bridgehead atoms. The fraction of sp³-hybridized carbons (Fsp3) is 0.0625. The van der Waals surface area contributed by atoms with E-state index in [0.29, 0.717) is 22.7 Å². The van der Waals surface area contributed by atoms with Gasteiger partial charge in [-0.2, -0.15) is 0 Å². The zero-order valence-electron chi connectivity index (χ0n) is 11.8. The van der Waals surface area contributed by atoms with Gasteiger partial charge in [-0.3, -0.25) is 4.40 Å². The first kappa shape index (κ1) is 12.6. The number of phenols is 1. The molecule has 6 heteroatoms. The van der Waals surface area contributed by atoms with Crippen molar-refractivity contribution in [1.29, 1.82) is 0 Å². The molecule has 3 aromatic heterocycles. The molecular weight excluding hydrogens is 280 g/mol. The highest BCUT2D eigenvalue weighted by Gasteiger charge is 2.11. The van der Waals surface area contributed by atoms with Gasteiger partial charge in [-0.1, -0.05) is 18.2 Å². The minimum atomic E-state index is 0.148. The Kier molecular flexibility index (Phi) is 2.69. The highest BCUT2D eigenvalue weighted by Crippen LogP contribution is 2.26. The van der Waals surface area contributed by atoms with E-state index in [2.05, 4.69) is 15.2 Å². The average Bonchev–Trinajstić information content (AvgIpc) is 2.98. The van der Waals surface area contributed by atoms with Crippen LogP contribution in [0.5, 0.6) is 11.5 Å². The van der Waals surface area contributed by atoms with Crippen LogP contribution >= 0.6 is 0 Å². The Bertz CT molecular complexity index is 994. The van der Waals surface area contributed by atoms with Gasteiger partial charge >= 0.3 is 0 Å². The third kappa shape index (κ3) is 1.85. The van der Waals surface area contributed by atoms with Gasteiger partial charge in [-0.05, 0) is 18.2 Å². The molecule has 1 aromatic carbocycles. The standard InChI is InChI=1S/C16H12N4O2/c1-22-11-7-8-20-14(9-11)18-19-16(20)12-6-5-10-3-2-4-13(21)15(10)17-12/h2-9,21H,1H3. The number of phenolic OH excluding ortho intramolecular Hbond substituents is 1. The van der Waals surface area contributed by atoms with Gasteiger partial charge in [0, 0.05) is 17.6 Å². The number of ether oxygens (including phenoxy) is 1. The molecule has 0 aliphatic heterocycles. The number of methoxy groups -OCH3 is 1. The third-order valence-corrected chi connectivity index (χ3v) is 3.55. The van der Waals surface area contributed by atoms with Crippen LogP contribution in [-0.4, -0.2) is 31.8 Å². The molecule has 108 valence electrons. The lowest BCUT2D eigenvalue weighted by molar-refractivity contribution is 0.414. The summed E-state index contributed by atoms with van der Waals surface area (Å²) in [6.07, 6.45) is 1.83. The van der Waals surface area contributed by atoms with Gasteiger partial charge in [0.1, 0.15) is 22.7 Å². The van der Waals surface area contributed by atoms with Gasteiger partial charge in [-0.15, -0.1) is 10.2 Å². The Labute approximate surface area is 125 Å². The summed E-state index contributed by atoms with van der Waals surface area (Å²) in [6.45, 7) is 0. The van der Waals surface area contributed by atoms with Crippen molar-refractivity contribution in [2.75, 3.05) is 7.11 Å². The van der Waals surface area contributed by atoms with Crippen LogP contribution in [0.1, 0.15) is 0 Å². The van der Waals surface area contributed by atoms with Gasteiger partial charge < -0.3 is 9.84 Å². The van der Waals surface area contributed by atoms with E-state index < -0.39 is 0 Å². The Morgan fingerprint density at radius 3 is 2.86 bits per heavy atom. The molecule has 4 aromatic rings. The van der Waals surface area contributed by atoms with E-state index in [1.165, 1.54) is 0 Å². The SMILES string of the molecule is COc1ccn2c(-c3ccc4cccc(O)c4n3)nnc2c1. The minimum absolute atomic E-state index is 0.148. The molecule has 0 saturated heterocycles. The first-order valence-corrected chi connectivity index (χ1v) is 6.74. The Hall–Kier alpha value is -3.15. The van der Waals surface area contributed by atoms with Crippen molar-refractivity contribution < 1.29 is 9.84 Å². The second kappa shape index (κ2) is 4.70. The monoisotopic (exact) mass is 292 g/mol. The molecule has 0 unspecified atom stereocenters. The fourth-order valence-corrected chi connectivity index (χ4v) is 2.43. The molecule has 6 nitrogen and oxygen atoms in total. The van der Waals surface area contributed by atoms with Crippen molar-refractivity contribution >= 4 is 16.6 Å². The van der Waals surface area contributed by atoms with Crippen LogP contribution in [0.3, 0.4) is 0 Å². The molecule has 3 heterocycles. The van der Waals surface area contributed by atoms with Crippen LogP contribution in [-0.2, 0) is 0 Å². The lowest BCUT2D eigenvalue weighted by atomic mass is 10.2. The van der Waals surface area contributed by atoms with E-state index in [-0.39, 0.29) is 5.75 Å². The maximum absolute atomic E-state index is 9.95. The number of rotatable bonds is 2. The second-order valence-electron chi connectivity index (χ2n) is 4.86. The summed E-state index contributed by atoms with van der Waals surface area (Å²) >= 11 is 0. The van der Waals surface area contributed by atoms with E-state index in [1.807, 2.05) is 34.9 Å². The van der Waals surface area contributed by atoms with Crippen LogP contribution in [0, 0.1) is 0 Å². The molecular formula is C16H12N4O2. The molecule has 0 spiro atoms. The maximum Gasteiger partial charge on any atom is 0.187 e. The molecule has 0 amide bonds. The molecule has 0 fully saturated rings. The van der Waals surface area contributed by atoms with Crippen molar-refractivity contribution in [3.8, 4) is 23.0 Å². The number of pyridine rings is 2. The van der Waals surface area contributed by atoms with Crippen LogP contribution in [0.15, 0.2) is 48.7 Å². The summed E-state index contributed by atoms with van der Waals surface area (Å²) < 4.78 is 7.01. The van der Waals surface area contributed by atoms with Crippen LogP contribution in [0.25, 0.3) is 28.1 Å². The molecule has 0 atom stereocenters. The van der Waals surface area contributed by atoms with E-state index in [9.17, 15) is 5.11 Å². The van der Waals surface area contributed by atoms with E-state index in [1.54, 1.807) is 25.3 Å². The lowest BCUT2D eigenvalue weighted by Crippen LogP contribution is -1.93. The van der Waals surface area contributed by atoms with Crippen molar-refractivity contribution in [1.82, 2.24) is 19.6 Å². The van der Waals surface area contributed by atoms with Gasteiger partial charge in [-0.25, -0.2) is 4.98 Å². The molecule has 22 heavy (non-hydrogen) atoms. The van der Waals surface area contributed by atoms with Crippen molar-refractivity contribution in [2.45, 2.75) is 0 Å². The highest BCUT2D eigenvalue weighted by atomic mass is 16.5. The minimum Gasteiger partial charge on any atom is -0.506 e. The lowest BCUT2D eigenvalue weighted by Gasteiger charge is -2.04. The molecule has 0 aliphatic carbocycles. The van der Waals surface area contributed by atoms with Crippen LogP contribution in [0.4, 0.5) is 0 Å². The number of hydrogen-bond acceptors (Lipinski definition) is 5. The number of aromatic hydroxyl groups is 1. The summed E-state index contributed by atoms with van der Waals surface area (Å²) in [7, 11) is 1.61. The summed E-state index contributed by atoms with van der Waals surface area (Å²) in [5.74, 6) is 1.48. The molecule has 1 N–H and O–H groups in total. The van der Waals surface area contributed by atoms with Gasteiger partial charge in [0.15, 0.2) is 11.5 Å². The normalized spacial score (nSPS) is 11.1. The molecule has 0 radical (unpaired) electrons. The number of benzene rings is 1. The molecule has 0 aliphatic rings. The number of aromatic nitrogens is 4. The second-order valence-corrected chi connectivity index (χ2v) is 4.86. The van der Waals surface area contributed by atoms with Crippen LogP contribution in [0.2, 0.25) is 0 Å². The van der Waals surface area contributed by atoms with E-state index >= 15 is 0 Å². The van der Waals surface area contributed by atoms with Gasteiger partial charge in [0.25, 0.3) is 0 Å². The first-order valence-electron chi connectivity index (χ1n) is 6.74. The van der Waals surface area contributed by atoms with Crippen molar-refractivity contribution in [2.24, 2.45) is 0 Å². The predicted molar refractivity (Wildman–Crippen MR) is 81.9 cm³/mol. The topological polar surface area (TPSA) is 72.5 Å². The zero-order chi connectivity index (χ0) is 15.1. The Balaban J connectivity index is 1.93. The number of hydrogen-bond donors (Lipinski definition) is 1. The number of fused-ring (bicyclic) bond motifs is 2.